The van der Waals surface area contributed by atoms with Crippen LogP contribution < -0.4 is 10.2 Å². The van der Waals surface area contributed by atoms with Gasteiger partial charge in [0.05, 0.1) is 5.69 Å². The number of anilines is 1. The van der Waals surface area contributed by atoms with Crippen molar-refractivity contribution in [1.82, 2.24) is 0 Å². The smallest absolute Gasteiger partial charge is 0.329 e. The molecule has 0 unspecified atom stereocenters. The maximum atomic E-state index is 10.6. The number of para-hydroxylation sites is 1. The molecule has 0 saturated carbocycles. The van der Waals surface area contributed by atoms with E-state index in [1.54, 1.807) is 24.3 Å². The zero-order chi connectivity index (χ0) is 12.8. The molecule has 0 spiro atoms. The first-order valence-corrected chi connectivity index (χ1v) is 5.50. The van der Waals surface area contributed by atoms with Crippen molar-refractivity contribution in [2.24, 2.45) is 0 Å². The standard InChI is InChI=1S/C14H13NO3/c1-11(16)18-15-12-7-9-14(10-8-12)17-13-5-3-2-4-6-13/h2-10,15H,1H3. The lowest BCUT2D eigenvalue weighted by atomic mass is 10.3. The fourth-order valence-electron chi connectivity index (χ4n) is 1.35. The molecule has 0 bridgehead atoms. The van der Waals surface area contributed by atoms with Gasteiger partial charge in [-0.15, -0.1) is 0 Å². The van der Waals surface area contributed by atoms with Gasteiger partial charge in [-0.05, 0) is 36.4 Å². The van der Waals surface area contributed by atoms with Crippen LogP contribution in [0.4, 0.5) is 5.69 Å². The normalized spacial score (nSPS) is 9.61. The molecule has 0 heterocycles. The summed E-state index contributed by atoms with van der Waals surface area (Å²) < 4.78 is 5.62. The van der Waals surface area contributed by atoms with Crippen LogP contribution in [0.25, 0.3) is 0 Å². The number of benzene rings is 2. The van der Waals surface area contributed by atoms with Crippen molar-refractivity contribution < 1.29 is 14.4 Å². The summed E-state index contributed by atoms with van der Waals surface area (Å²) in [7, 11) is 0. The molecule has 1 N–H and O–H groups in total. The van der Waals surface area contributed by atoms with Crippen LogP contribution in [0.15, 0.2) is 54.6 Å². The number of ether oxygens (including phenoxy) is 1. The van der Waals surface area contributed by atoms with Gasteiger partial charge in [0, 0.05) is 6.92 Å². The lowest BCUT2D eigenvalue weighted by Crippen LogP contribution is -2.05. The van der Waals surface area contributed by atoms with E-state index in [1.807, 2.05) is 30.3 Å². The molecule has 0 fully saturated rings. The van der Waals surface area contributed by atoms with Crippen molar-refractivity contribution in [3.63, 3.8) is 0 Å². The Morgan fingerprint density at radius 1 is 0.944 bits per heavy atom. The van der Waals surface area contributed by atoms with Gasteiger partial charge < -0.3 is 9.57 Å². The first-order valence-electron chi connectivity index (χ1n) is 5.50. The molecule has 0 atom stereocenters. The van der Waals surface area contributed by atoms with Gasteiger partial charge in [0.15, 0.2) is 0 Å². The number of rotatable bonds is 4. The molecule has 92 valence electrons. The van der Waals surface area contributed by atoms with Gasteiger partial charge in [-0.3, -0.25) is 4.79 Å². The van der Waals surface area contributed by atoms with Gasteiger partial charge >= 0.3 is 5.97 Å². The van der Waals surface area contributed by atoms with Crippen LogP contribution in [0, 0.1) is 0 Å². The van der Waals surface area contributed by atoms with Gasteiger partial charge in [-0.1, -0.05) is 18.2 Å². The summed E-state index contributed by atoms with van der Waals surface area (Å²) in [5, 5.41) is 0. The second kappa shape index (κ2) is 5.72. The third-order valence-corrected chi connectivity index (χ3v) is 2.15. The Morgan fingerprint density at radius 2 is 1.56 bits per heavy atom. The Morgan fingerprint density at radius 3 is 2.17 bits per heavy atom. The third kappa shape index (κ3) is 3.52. The Labute approximate surface area is 105 Å². The van der Waals surface area contributed by atoms with E-state index < -0.39 is 0 Å². The van der Waals surface area contributed by atoms with Crippen LogP contribution in [0.2, 0.25) is 0 Å². The predicted octanol–water partition coefficient (Wildman–Crippen LogP) is 3.37. The highest BCUT2D eigenvalue weighted by atomic mass is 16.7. The average Bonchev–Trinajstić information content (AvgIpc) is 2.39. The van der Waals surface area contributed by atoms with Gasteiger partial charge in [-0.2, -0.15) is 0 Å². The Balaban J connectivity index is 1.97. The van der Waals surface area contributed by atoms with E-state index in [2.05, 4.69) is 10.3 Å². The summed E-state index contributed by atoms with van der Waals surface area (Å²) in [6.07, 6.45) is 0. The fraction of sp³-hybridized carbons (Fsp3) is 0.0714. The van der Waals surface area contributed by atoms with E-state index in [1.165, 1.54) is 6.92 Å². The van der Waals surface area contributed by atoms with E-state index >= 15 is 0 Å². The van der Waals surface area contributed by atoms with Crippen LogP contribution >= 0.6 is 0 Å². The highest BCUT2D eigenvalue weighted by Crippen LogP contribution is 2.22. The molecule has 0 saturated heterocycles. The highest BCUT2D eigenvalue weighted by molar-refractivity contribution is 5.67. The summed E-state index contributed by atoms with van der Waals surface area (Å²) in [5.74, 6) is 1.10. The molecule has 18 heavy (non-hydrogen) atoms. The molecule has 0 aliphatic heterocycles. The quantitative estimate of drug-likeness (QED) is 0.836. The molecule has 2 rings (SSSR count). The fourth-order valence-corrected chi connectivity index (χ4v) is 1.35. The molecule has 4 heteroatoms. The largest absolute Gasteiger partial charge is 0.457 e. The zero-order valence-electron chi connectivity index (χ0n) is 9.92. The van der Waals surface area contributed by atoms with Crippen molar-refractivity contribution >= 4 is 11.7 Å². The van der Waals surface area contributed by atoms with Crippen molar-refractivity contribution in [2.45, 2.75) is 6.92 Å². The molecule has 2 aromatic carbocycles. The predicted molar refractivity (Wildman–Crippen MR) is 68.3 cm³/mol. The van der Waals surface area contributed by atoms with E-state index in [4.69, 9.17) is 4.74 Å². The number of carbonyl (C=O) groups is 1. The number of hydrogen-bond donors (Lipinski definition) is 1. The number of nitrogens with one attached hydrogen (secondary N) is 1. The van der Waals surface area contributed by atoms with E-state index in [0.29, 0.717) is 5.69 Å². The average molecular weight is 243 g/mol. The van der Waals surface area contributed by atoms with Gasteiger partial charge in [0.2, 0.25) is 0 Å². The zero-order valence-corrected chi connectivity index (χ0v) is 9.92. The molecule has 0 amide bonds. The molecule has 0 aromatic heterocycles. The van der Waals surface area contributed by atoms with E-state index in [9.17, 15) is 4.79 Å². The minimum atomic E-state index is -0.389. The molecular formula is C14H13NO3. The van der Waals surface area contributed by atoms with Crippen LogP contribution in [-0.2, 0) is 9.63 Å². The van der Waals surface area contributed by atoms with Crippen LogP contribution in [-0.4, -0.2) is 5.97 Å². The monoisotopic (exact) mass is 243 g/mol. The summed E-state index contributed by atoms with van der Waals surface area (Å²) in [5.41, 5.74) is 3.22. The minimum absolute atomic E-state index is 0.389. The maximum absolute atomic E-state index is 10.6. The van der Waals surface area contributed by atoms with Crippen molar-refractivity contribution in [2.75, 3.05) is 5.48 Å². The highest BCUT2D eigenvalue weighted by Gasteiger charge is 1.98. The van der Waals surface area contributed by atoms with Crippen molar-refractivity contribution in [3.8, 4) is 11.5 Å². The van der Waals surface area contributed by atoms with Gasteiger partial charge in [0.1, 0.15) is 11.5 Å². The van der Waals surface area contributed by atoms with E-state index in [-0.39, 0.29) is 5.97 Å². The lowest BCUT2D eigenvalue weighted by Gasteiger charge is -2.07. The molecule has 0 radical (unpaired) electrons. The van der Waals surface area contributed by atoms with E-state index in [0.717, 1.165) is 11.5 Å². The Hall–Kier alpha value is -2.49. The molecule has 2 aromatic rings. The van der Waals surface area contributed by atoms with Crippen LogP contribution in [0.3, 0.4) is 0 Å². The lowest BCUT2D eigenvalue weighted by molar-refractivity contribution is -0.138. The second-order valence-electron chi connectivity index (χ2n) is 3.64. The van der Waals surface area contributed by atoms with Gasteiger partial charge in [-0.25, -0.2) is 5.48 Å². The summed E-state index contributed by atoms with van der Waals surface area (Å²) in [6, 6.07) is 16.6. The van der Waals surface area contributed by atoms with Crippen LogP contribution in [0.1, 0.15) is 6.92 Å². The molecule has 0 aliphatic carbocycles. The maximum Gasteiger partial charge on any atom is 0.329 e. The number of hydrogen-bond acceptors (Lipinski definition) is 4. The SMILES string of the molecule is CC(=O)ONc1ccc(Oc2ccccc2)cc1. The third-order valence-electron chi connectivity index (χ3n) is 2.15. The Kier molecular flexibility index (Phi) is 3.81. The first kappa shape index (κ1) is 12.0. The van der Waals surface area contributed by atoms with Crippen molar-refractivity contribution in [1.29, 1.82) is 0 Å². The Bertz CT molecular complexity index is 508. The molecule has 4 nitrogen and oxygen atoms in total. The summed E-state index contributed by atoms with van der Waals surface area (Å²) in [4.78, 5) is 15.3. The second-order valence-corrected chi connectivity index (χ2v) is 3.64. The number of carbonyl (C=O) groups excluding carboxylic acids is 1. The summed E-state index contributed by atoms with van der Waals surface area (Å²) >= 11 is 0. The van der Waals surface area contributed by atoms with Gasteiger partial charge in [0.25, 0.3) is 0 Å². The molecular weight excluding hydrogens is 230 g/mol. The summed E-state index contributed by atoms with van der Waals surface area (Å²) in [6.45, 7) is 1.33. The first-order chi connectivity index (χ1) is 8.74. The van der Waals surface area contributed by atoms with Crippen molar-refractivity contribution in [3.05, 3.63) is 54.6 Å². The molecule has 0 aliphatic rings. The minimum Gasteiger partial charge on any atom is -0.457 e. The topological polar surface area (TPSA) is 47.6 Å². The van der Waals surface area contributed by atoms with Crippen LogP contribution in [0.5, 0.6) is 11.5 Å².